The molecule has 1 aliphatic heterocycles. The summed E-state index contributed by atoms with van der Waals surface area (Å²) in [6.45, 7) is 10.1. The van der Waals surface area contributed by atoms with Gasteiger partial charge in [-0.3, -0.25) is 19.8 Å². The van der Waals surface area contributed by atoms with Gasteiger partial charge in [-0.15, -0.1) is 0 Å². The standard InChI is InChI=1S/C26H25N3O2S/c1-15-10-11-23(17(3)12-15)28-18(4)13-20(19(28)5)14-21-24(30)27-26(32)29(25(21)31)22-9-7-6-8-16(22)2/h6-14H,1-5H3,(H,27,30,32)/b21-14+. The van der Waals surface area contributed by atoms with Crippen molar-refractivity contribution in [2.45, 2.75) is 34.6 Å². The maximum absolute atomic E-state index is 13.4. The third-order valence-electron chi connectivity index (χ3n) is 5.82. The molecule has 1 saturated heterocycles. The number of hydrogen-bond donors (Lipinski definition) is 1. The molecule has 0 atom stereocenters. The largest absolute Gasteiger partial charge is 0.318 e. The normalized spacial score (nSPS) is 15.5. The number of aryl methyl sites for hydroxylation is 4. The van der Waals surface area contributed by atoms with Gasteiger partial charge in [0.15, 0.2) is 5.11 Å². The van der Waals surface area contributed by atoms with Gasteiger partial charge in [-0.05, 0) is 87.8 Å². The minimum absolute atomic E-state index is 0.0581. The first-order valence-corrected chi connectivity index (χ1v) is 10.8. The van der Waals surface area contributed by atoms with E-state index in [0.29, 0.717) is 5.69 Å². The summed E-state index contributed by atoms with van der Waals surface area (Å²) in [7, 11) is 0. The Bertz CT molecular complexity index is 1320. The number of nitrogens with zero attached hydrogens (tertiary/aromatic N) is 2. The monoisotopic (exact) mass is 443 g/mol. The van der Waals surface area contributed by atoms with Crippen molar-refractivity contribution in [1.82, 2.24) is 9.88 Å². The minimum atomic E-state index is -0.485. The first-order chi connectivity index (χ1) is 15.2. The molecule has 1 aromatic heterocycles. The number of para-hydroxylation sites is 1. The molecule has 0 aliphatic carbocycles. The van der Waals surface area contributed by atoms with Crippen molar-refractivity contribution in [2.24, 2.45) is 0 Å². The molecule has 162 valence electrons. The van der Waals surface area contributed by atoms with Gasteiger partial charge in [-0.1, -0.05) is 35.9 Å². The van der Waals surface area contributed by atoms with Crippen LogP contribution < -0.4 is 10.2 Å². The molecule has 3 aromatic rings. The maximum Gasteiger partial charge on any atom is 0.270 e. The van der Waals surface area contributed by atoms with Gasteiger partial charge in [0.2, 0.25) is 0 Å². The van der Waals surface area contributed by atoms with Gasteiger partial charge in [0.1, 0.15) is 5.57 Å². The van der Waals surface area contributed by atoms with Gasteiger partial charge in [0.05, 0.1) is 5.69 Å². The van der Waals surface area contributed by atoms with Crippen molar-refractivity contribution >= 4 is 40.9 Å². The molecule has 0 bridgehead atoms. The maximum atomic E-state index is 13.4. The van der Waals surface area contributed by atoms with Gasteiger partial charge in [-0.2, -0.15) is 0 Å². The van der Waals surface area contributed by atoms with Gasteiger partial charge >= 0.3 is 0 Å². The zero-order chi connectivity index (χ0) is 23.2. The molecule has 2 aromatic carbocycles. The minimum Gasteiger partial charge on any atom is -0.318 e. The zero-order valence-electron chi connectivity index (χ0n) is 18.8. The fraction of sp³-hybridized carbons (Fsp3) is 0.192. The van der Waals surface area contributed by atoms with Gasteiger partial charge in [0, 0.05) is 17.1 Å². The molecule has 2 heterocycles. The number of nitrogens with one attached hydrogen (secondary N) is 1. The number of carbonyl (C=O) groups excluding carboxylic acids is 2. The predicted molar refractivity (Wildman–Crippen MR) is 132 cm³/mol. The quantitative estimate of drug-likeness (QED) is 0.358. The molecule has 0 spiro atoms. The van der Waals surface area contributed by atoms with E-state index >= 15 is 0 Å². The summed E-state index contributed by atoms with van der Waals surface area (Å²) < 4.78 is 2.15. The van der Waals surface area contributed by atoms with Crippen LogP contribution in [0.1, 0.15) is 33.6 Å². The third kappa shape index (κ3) is 3.67. The second-order valence-electron chi connectivity index (χ2n) is 8.20. The van der Waals surface area contributed by atoms with Crippen LogP contribution in [0.5, 0.6) is 0 Å². The molecule has 0 radical (unpaired) electrons. The van der Waals surface area contributed by atoms with Crippen LogP contribution in [-0.4, -0.2) is 21.5 Å². The number of aromatic nitrogens is 1. The van der Waals surface area contributed by atoms with Crippen LogP contribution in [0.3, 0.4) is 0 Å². The van der Waals surface area contributed by atoms with Crippen LogP contribution in [0.15, 0.2) is 54.1 Å². The molecule has 1 N–H and O–H groups in total. The highest BCUT2D eigenvalue weighted by Gasteiger charge is 2.35. The van der Waals surface area contributed by atoms with Crippen LogP contribution >= 0.6 is 12.2 Å². The second-order valence-corrected chi connectivity index (χ2v) is 8.58. The van der Waals surface area contributed by atoms with E-state index in [1.807, 2.05) is 51.1 Å². The van der Waals surface area contributed by atoms with E-state index in [4.69, 9.17) is 12.2 Å². The van der Waals surface area contributed by atoms with Gasteiger partial charge in [-0.25, -0.2) is 0 Å². The smallest absolute Gasteiger partial charge is 0.270 e. The van der Waals surface area contributed by atoms with Gasteiger partial charge in [0.25, 0.3) is 11.8 Å². The SMILES string of the molecule is Cc1ccc(-n2c(C)cc(/C=C3\C(=O)NC(=S)N(c4ccccc4C)C3=O)c2C)c(C)c1. The van der Waals surface area contributed by atoms with Crippen molar-refractivity contribution in [3.05, 3.63) is 87.7 Å². The number of benzene rings is 2. The van der Waals surface area contributed by atoms with Crippen LogP contribution in [0.25, 0.3) is 11.8 Å². The van der Waals surface area contributed by atoms with Crippen LogP contribution in [0, 0.1) is 34.6 Å². The number of rotatable bonds is 3. The molecule has 5 nitrogen and oxygen atoms in total. The summed E-state index contributed by atoms with van der Waals surface area (Å²) in [5, 5.41) is 2.76. The number of amides is 2. The molecule has 0 unspecified atom stereocenters. The molecule has 2 amide bonds. The Balaban J connectivity index is 1.80. The lowest BCUT2D eigenvalue weighted by Crippen LogP contribution is -2.54. The molecule has 6 heteroatoms. The van der Waals surface area contributed by atoms with Crippen molar-refractivity contribution in [1.29, 1.82) is 0 Å². The first-order valence-electron chi connectivity index (χ1n) is 10.4. The number of anilines is 1. The Morgan fingerprint density at radius 2 is 1.59 bits per heavy atom. The lowest BCUT2D eigenvalue weighted by atomic mass is 10.1. The van der Waals surface area contributed by atoms with E-state index < -0.39 is 11.8 Å². The summed E-state index contributed by atoms with van der Waals surface area (Å²) in [6.07, 6.45) is 1.66. The van der Waals surface area contributed by atoms with E-state index in [-0.39, 0.29) is 10.7 Å². The lowest BCUT2D eigenvalue weighted by Gasteiger charge is -2.30. The molecule has 0 saturated carbocycles. The number of carbonyl (C=O) groups is 2. The Kier molecular flexibility index (Phi) is 5.57. The van der Waals surface area contributed by atoms with Gasteiger partial charge < -0.3 is 4.57 Å². The summed E-state index contributed by atoms with van der Waals surface area (Å²) >= 11 is 5.32. The van der Waals surface area contributed by atoms with E-state index in [9.17, 15) is 9.59 Å². The fourth-order valence-corrected chi connectivity index (χ4v) is 4.48. The highest BCUT2D eigenvalue weighted by atomic mass is 32.1. The molecule has 1 aliphatic rings. The van der Waals surface area contributed by atoms with Crippen molar-refractivity contribution in [2.75, 3.05) is 4.90 Å². The zero-order valence-corrected chi connectivity index (χ0v) is 19.6. The van der Waals surface area contributed by atoms with E-state index in [1.165, 1.54) is 10.5 Å². The topological polar surface area (TPSA) is 54.3 Å². The third-order valence-corrected chi connectivity index (χ3v) is 6.11. The summed E-state index contributed by atoms with van der Waals surface area (Å²) in [5.41, 5.74) is 7.86. The average Bonchev–Trinajstić information content (AvgIpc) is 3.00. The van der Waals surface area contributed by atoms with Crippen LogP contribution in [-0.2, 0) is 9.59 Å². The molecular weight excluding hydrogens is 418 g/mol. The highest BCUT2D eigenvalue weighted by Crippen LogP contribution is 2.28. The van der Waals surface area contributed by atoms with Crippen molar-refractivity contribution in [3.8, 4) is 5.69 Å². The first kappa shape index (κ1) is 21.7. The summed E-state index contributed by atoms with van der Waals surface area (Å²) in [4.78, 5) is 27.5. The Morgan fingerprint density at radius 1 is 0.875 bits per heavy atom. The van der Waals surface area contributed by atoms with Crippen molar-refractivity contribution in [3.63, 3.8) is 0 Å². The molecule has 1 fully saturated rings. The van der Waals surface area contributed by atoms with Crippen LogP contribution in [0.2, 0.25) is 0 Å². The van der Waals surface area contributed by atoms with Crippen molar-refractivity contribution < 1.29 is 9.59 Å². The Labute approximate surface area is 193 Å². The molecular formula is C26H25N3O2S. The average molecular weight is 444 g/mol. The highest BCUT2D eigenvalue weighted by molar-refractivity contribution is 7.80. The number of thiocarbonyl (C=S) groups is 1. The number of hydrogen-bond acceptors (Lipinski definition) is 3. The lowest BCUT2D eigenvalue weighted by molar-refractivity contribution is -0.122. The fourth-order valence-electron chi connectivity index (χ4n) is 4.21. The van der Waals surface area contributed by atoms with Crippen LogP contribution in [0.4, 0.5) is 5.69 Å². The Hall–Kier alpha value is -3.51. The second kappa shape index (κ2) is 8.20. The molecule has 32 heavy (non-hydrogen) atoms. The van der Waals surface area contributed by atoms with E-state index in [0.717, 1.165) is 33.8 Å². The van der Waals surface area contributed by atoms with E-state index in [1.54, 1.807) is 6.08 Å². The summed E-state index contributed by atoms with van der Waals surface area (Å²) in [6, 6.07) is 15.8. The predicted octanol–water partition coefficient (Wildman–Crippen LogP) is 4.85. The van der Waals surface area contributed by atoms with E-state index in [2.05, 4.69) is 41.9 Å². The molecule has 4 rings (SSSR count). The Morgan fingerprint density at radius 3 is 2.28 bits per heavy atom. The summed E-state index contributed by atoms with van der Waals surface area (Å²) in [5.74, 6) is -0.912.